The first kappa shape index (κ1) is 19.5. The maximum Gasteiger partial charge on any atom is 0.255 e. The standard InChI is InChI=1S/C16H22Cl2N2O3S/c1-2-3-10-24(22,23)19-13-6-8-20(9-7-13)16(21)14-11-12(17)4-5-15(14)18/h4-5,11,13,19H,2-3,6-10H2,1H3. The predicted octanol–water partition coefficient (Wildman–Crippen LogP) is 3.32. The molecule has 0 saturated carbocycles. The fourth-order valence-corrected chi connectivity index (χ4v) is 4.58. The van der Waals surface area contributed by atoms with Gasteiger partial charge in [-0.3, -0.25) is 4.79 Å². The van der Waals surface area contributed by atoms with E-state index < -0.39 is 10.0 Å². The molecule has 0 bridgehead atoms. The average molecular weight is 393 g/mol. The lowest BCUT2D eigenvalue weighted by Gasteiger charge is -2.32. The van der Waals surface area contributed by atoms with E-state index in [4.69, 9.17) is 23.2 Å². The van der Waals surface area contributed by atoms with Crippen LogP contribution in [0.4, 0.5) is 0 Å². The van der Waals surface area contributed by atoms with Gasteiger partial charge in [-0.15, -0.1) is 0 Å². The number of sulfonamides is 1. The first-order valence-electron chi connectivity index (χ1n) is 8.06. The van der Waals surface area contributed by atoms with Crippen LogP contribution in [0.15, 0.2) is 18.2 Å². The van der Waals surface area contributed by atoms with Crippen molar-refractivity contribution in [3.63, 3.8) is 0 Å². The van der Waals surface area contributed by atoms with E-state index in [0.717, 1.165) is 6.42 Å². The molecule has 1 amide bonds. The first-order valence-corrected chi connectivity index (χ1v) is 10.5. The van der Waals surface area contributed by atoms with Crippen molar-refractivity contribution in [3.8, 4) is 0 Å². The molecule has 1 fully saturated rings. The van der Waals surface area contributed by atoms with Gasteiger partial charge in [0.2, 0.25) is 10.0 Å². The summed E-state index contributed by atoms with van der Waals surface area (Å²) < 4.78 is 26.6. The number of hydrogen-bond acceptors (Lipinski definition) is 3. The highest BCUT2D eigenvalue weighted by Gasteiger charge is 2.27. The van der Waals surface area contributed by atoms with Crippen LogP contribution in [0.5, 0.6) is 0 Å². The largest absolute Gasteiger partial charge is 0.338 e. The Kier molecular flexibility index (Phi) is 6.92. The van der Waals surface area contributed by atoms with Crippen LogP contribution < -0.4 is 4.72 Å². The van der Waals surface area contributed by atoms with Crippen LogP contribution in [0.2, 0.25) is 10.0 Å². The second kappa shape index (κ2) is 8.52. The molecule has 1 aromatic carbocycles. The maximum absolute atomic E-state index is 12.6. The Morgan fingerprint density at radius 1 is 1.29 bits per heavy atom. The lowest BCUT2D eigenvalue weighted by molar-refractivity contribution is 0.0711. The van der Waals surface area contributed by atoms with Crippen molar-refractivity contribution in [2.75, 3.05) is 18.8 Å². The number of rotatable bonds is 6. The van der Waals surface area contributed by atoms with Gasteiger partial charge in [-0.1, -0.05) is 36.5 Å². The van der Waals surface area contributed by atoms with Crippen molar-refractivity contribution in [1.82, 2.24) is 9.62 Å². The van der Waals surface area contributed by atoms with Crippen molar-refractivity contribution < 1.29 is 13.2 Å². The lowest BCUT2D eigenvalue weighted by Crippen LogP contribution is -2.47. The Balaban J connectivity index is 1.93. The summed E-state index contributed by atoms with van der Waals surface area (Å²) in [5.41, 5.74) is 0.381. The number of piperidine rings is 1. The van der Waals surface area contributed by atoms with Crippen molar-refractivity contribution in [3.05, 3.63) is 33.8 Å². The van der Waals surface area contributed by atoms with Gasteiger partial charge in [0.05, 0.1) is 16.3 Å². The molecule has 1 aliphatic rings. The number of unbranched alkanes of at least 4 members (excludes halogenated alkanes) is 1. The quantitative estimate of drug-likeness (QED) is 0.807. The van der Waals surface area contributed by atoms with Crippen molar-refractivity contribution in [2.45, 2.75) is 38.6 Å². The van der Waals surface area contributed by atoms with E-state index in [-0.39, 0.29) is 17.7 Å². The van der Waals surface area contributed by atoms with Crippen molar-refractivity contribution >= 4 is 39.1 Å². The smallest absolute Gasteiger partial charge is 0.255 e. The van der Waals surface area contributed by atoms with E-state index in [1.807, 2.05) is 6.92 Å². The number of carbonyl (C=O) groups is 1. The summed E-state index contributed by atoms with van der Waals surface area (Å²) in [6.07, 6.45) is 2.68. The molecule has 0 unspecified atom stereocenters. The molecule has 5 nitrogen and oxygen atoms in total. The van der Waals surface area contributed by atoms with E-state index >= 15 is 0 Å². The Hall–Kier alpha value is -0.820. The third-order valence-electron chi connectivity index (χ3n) is 4.05. The highest BCUT2D eigenvalue weighted by molar-refractivity contribution is 7.89. The number of nitrogens with zero attached hydrogens (tertiary/aromatic N) is 1. The molecule has 134 valence electrons. The molecule has 0 spiro atoms. The first-order chi connectivity index (χ1) is 11.3. The van der Waals surface area contributed by atoms with Crippen LogP contribution in [0.1, 0.15) is 43.0 Å². The van der Waals surface area contributed by atoms with Gasteiger partial charge >= 0.3 is 0 Å². The molecule has 1 saturated heterocycles. The molecule has 1 aliphatic heterocycles. The second-order valence-corrected chi connectivity index (χ2v) is 8.70. The number of benzene rings is 1. The minimum Gasteiger partial charge on any atom is -0.338 e. The van der Waals surface area contributed by atoms with E-state index in [9.17, 15) is 13.2 Å². The fourth-order valence-electron chi connectivity index (χ4n) is 2.68. The summed E-state index contributed by atoms with van der Waals surface area (Å²) in [6, 6.07) is 4.68. The van der Waals surface area contributed by atoms with Crippen molar-refractivity contribution in [2.24, 2.45) is 0 Å². The minimum atomic E-state index is -3.24. The number of halogens is 2. The Morgan fingerprint density at radius 3 is 2.58 bits per heavy atom. The third-order valence-corrected chi connectivity index (χ3v) is 6.14. The summed E-state index contributed by atoms with van der Waals surface area (Å²) in [5.74, 6) is -0.0180. The molecule has 2 rings (SSSR count). The molecule has 1 aromatic rings. The molecular formula is C16H22Cl2N2O3S. The van der Waals surface area contributed by atoms with Gasteiger partial charge < -0.3 is 4.90 Å². The van der Waals surface area contributed by atoms with Crippen LogP contribution >= 0.6 is 23.2 Å². The van der Waals surface area contributed by atoms with E-state index in [1.54, 1.807) is 23.1 Å². The van der Waals surface area contributed by atoms with Gasteiger partial charge in [-0.05, 0) is 37.5 Å². The summed E-state index contributed by atoms with van der Waals surface area (Å²) in [7, 11) is -3.24. The van der Waals surface area contributed by atoms with Gasteiger partial charge in [-0.2, -0.15) is 0 Å². The second-order valence-electron chi connectivity index (χ2n) is 5.98. The number of hydrogen-bond donors (Lipinski definition) is 1. The highest BCUT2D eigenvalue weighted by atomic mass is 35.5. The van der Waals surface area contributed by atoms with Crippen LogP contribution in [0, 0.1) is 0 Å². The zero-order valence-corrected chi connectivity index (χ0v) is 15.9. The van der Waals surface area contributed by atoms with E-state index in [2.05, 4.69) is 4.72 Å². The van der Waals surface area contributed by atoms with Gasteiger partial charge in [0.25, 0.3) is 5.91 Å². The molecule has 0 aliphatic carbocycles. The molecular weight excluding hydrogens is 371 g/mol. The minimum absolute atomic E-state index is 0.120. The monoisotopic (exact) mass is 392 g/mol. The van der Waals surface area contributed by atoms with Crippen LogP contribution in [-0.4, -0.2) is 44.1 Å². The lowest BCUT2D eigenvalue weighted by atomic mass is 10.0. The van der Waals surface area contributed by atoms with Crippen molar-refractivity contribution in [1.29, 1.82) is 0 Å². The van der Waals surface area contributed by atoms with Gasteiger partial charge in [0, 0.05) is 24.2 Å². The number of nitrogens with one attached hydrogen (secondary N) is 1. The molecule has 8 heteroatoms. The van der Waals surface area contributed by atoms with Crippen LogP contribution in [0.25, 0.3) is 0 Å². The predicted molar refractivity (Wildman–Crippen MR) is 97.2 cm³/mol. The van der Waals surface area contributed by atoms with E-state index in [0.29, 0.717) is 48.0 Å². The fraction of sp³-hybridized carbons (Fsp3) is 0.562. The Bertz CT molecular complexity index is 687. The van der Waals surface area contributed by atoms with Gasteiger partial charge in [0.15, 0.2) is 0 Å². The SMILES string of the molecule is CCCCS(=O)(=O)NC1CCN(C(=O)c2cc(Cl)ccc2Cl)CC1. The number of likely N-dealkylation sites (tertiary alicyclic amines) is 1. The van der Waals surface area contributed by atoms with Gasteiger partial charge in [-0.25, -0.2) is 13.1 Å². The summed E-state index contributed by atoms with van der Waals surface area (Å²) in [4.78, 5) is 14.2. The number of amides is 1. The summed E-state index contributed by atoms with van der Waals surface area (Å²) >= 11 is 12.0. The molecule has 0 radical (unpaired) electrons. The molecule has 24 heavy (non-hydrogen) atoms. The zero-order valence-electron chi connectivity index (χ0n) is 13.6. The molecule has 1 heterocycles. The summed E-state index contributed by atoms with van der Waals surface area (Å²) in [5, 5.41) is 0.827. The molecule has 0 atom stereocenters. The third kappa shape index (κ3) is 5.34. The zero-order chi connectivity index (χ0) is 17.7. The van der Waals surface area contributed by atoms with Crippen LogP contribution in [-0.2, 0) is 10.0 Å². The summed E-state index contributed by atoms with van der Waals surface area (Å²) in [6.45, 7) is 2.94. The number of carbonyl (C=O) groups excluding carboxylic acids is 1. The molecule has 0 aromatic heterocycles. The maximum atomic E-state index is 12.6. The molecule has 1 N–H and O–H groups in total. The van der Waals surface area contributed by atoms with Crippen LogP contribution in [0.3, 0.4) is 0 Å². The van der Waals surface area contributed by atoms with Gasteiger partial charge in [0.1, 0.15) is 0 Å². The Morgan fingerprint density at radius 2 is 1.96 bits per heavy atom. The topological polar surface area (TPSA) is 66.5 Å². The Labute approximate surface area is 153 Å². The van der Waals surface area contributed by atoms with E-state index in [1.165, 1.54) is 0 Å². The average Bonchev–Trinajstić information content (AvgIpc) is 2.55. The highest BCUT2D eigenvalue weighted by Crippen LogP contribution is 2.23. The normalized spacial score (nSPS) is 16.4.